The molecule has 2 amide bonds. The number of piperazine rings is 1. The van der Waals surface area contributed by atoms with Gasteiger partial charge in [-0.1, -0.05) is 11.3 Å². The van der Waals surface area contributed by atoms with Gasteiger partial charge in [0, 0.05) is 51.7 Å². The highest BCUT2D eigenvalue weighted by atomic mass is 32.1. The average Bonchev–Trinajstić information content (AvgIpc) is 3.60. The molecule has 3 aromatic heterocycles. The van der Waals surface area contributed by atoms with Gasteiger partial charge in [0.1, 0.15) is 0 Å². The van der Waals surface area contributed by atoms with E-state index >= 15 is 0 Å². The molecule has 0 N–H and O–H groups in total. The second-order valence-electron chi connectivity index (χ2n) is 7.84. The Hall–Kier alpha value is -3.14. The maximum Gasteiger partial charge on any atom is 0.289 e. The molecule has 2 saturated heterocycles. The van der Waals surface area contributed by atoms with E-state index in [4.69, 9.17) is 4.42 Å². The number of furan rings is 1. The van der Waals surface area contributed by atoms with Crippen LogP contribution in [0.25, 0.3) is 5.13 Å². The number of anilines is 1. The lowest BCUT2D eigenvalue weighted by molar-refractivity contribution is -0.137. The molecular weight excluding hydrogens is 416 g/mol. The normalized spacial score (nSPS) is 19.6. The van der Waals surface area contributed by atoms with Crippen molar-refractivity contribution in [3.05, 3.63) is 48.7 Å². The molecule has 162 valence electrons. The van der Waals surface area contributed by atoms with Crippen molar-refractivity contribution in [2.24, 2.45) is 5.92 Å². The molecule has 0 spiro atoms. The number of nitrogens with zero attached hydrogens (tertiary/aromatic N) is 6. The lowest BCUT2D eigenvalue weighted by Gasteiger charge is -2.38. The molecule has 10 heteroatoms. The van der Waals surface area contributed by atoms with Crippen LogP contribution >= 0.6 is 11.3 Å². The molecule has 2 fully saturated rings. The molecule has 0 aromatic carbocycles. The Morgan fingerprint density at radius 2 is 1.71 bits per heavy atom. The summed E-state index contributed by atoms with van der Waals surface area (Å²) in [6, 6.07) is 7.30. The first-order chi connectivity index (χ1) is 15.2. The van der Waals surface area contributed by atoms with E-state index in [-0.39, 0.29) is 17.7 Å². The summed E-state index contributed by atoms with van der Waals surface area (Å²) < 4.78 is 7.15. The summed E-state index contributed by atoms with van der Waals surface area (Å²) >= 11 is 1.54. The first kappa shape index (κ1) is 19.8. The first-order valence-electron chi connectivity index (χ1n) is 10.5. The molecular formula is C21H24N6O3S. The van der Waals surface area contributed by atoms with Crippen molar-refractivity contribution < 1.29 is 14.0 Å². The van der Waals surface area contributed by atoms with E-state index in [0.29, 0.717) is 38.5 Å². The smallest absolute Gasteiger partial charge is 0.289 e. The lowest BCUT2D eigenvalue weighted by atomic mass is 9.96. The zero-order valence-electron chi connectivity index (χ0n) is 17.1. The predicted octanol–water partition coefficient (Wildman–Crippen LogP) is 2.12. The van der Waals surface area contributed by atoms with Gasteiger partial charge >= 0.3 is 0 Å². The SMILES string of the molecule is O=C(c1ccco1)N1CCN(C(=O)[C@@H]2CCCN(c3nnc(-n4cccc4)s3)C2)CC1. The molecule has 2 aliphatic rings. The number of aromatic nitrogens is 3. The number of amides is 2. The van der Waals surface area contributed by atoms with Gasteiger partial charge in [-0.05, 0) is 37.1 Å². The van der Waals surface area contributed by atoms with Crippen LogP contribution < -0.4 is 4.90 Å². The zero-order valence-corrected chi connectivity index (χ0v) is 17.9. The van der Waals surface area contributed by atoms with E-state index in [1.807, 2.05) is 34.0 Å². The second-order valence-corrected chi connectivity index (χ2v) is 8.77. The molecule has 0 unspecified atom stereocenters. The molecule has 2 aliphatic heterocycles. The van der Waals surface area contributed by atoms with E-state index in [2.05, 4.69) is 15.1 Å². The molecule has 0 aliphatic carbocycles. The average molecular weight is 441 g/mol. The topological polar surface area (TPSA) is 87.7 Å². The van der Waals surface area contributed by atoms with E-state index in [1.54, 1.807) is 17.0 Å². The van der Waals surface area contributed by atoms with Crippen molar-refractivity contribution in [3.8, 4) is 5.13 Å². The van der Waals surface area contributed by atoms with Crippen LogP contribution in [-0.2, 0) is 4.79 Å². The number of carbonyl (C=O) groups is 2. The maximum absolute atomic E-state index is 13.2. The van der Waals surface area contributed by atoms with E-state index in [9.17, 15) is 9.59 Å². The minimum Gasteiger partial charge on any atom is -0.459 e. The molecule has 0 saturated carbocycles. The number of rotatable bonds is 4. The fourth-order valence-corrected chi connectivity index (χ4v) is 5.05. The van der Waals surface area contributed by atoms with Crippen LogP contribution in [0.15, 0.2) is 47.3 Å². The standard InChI is InChI=1S/C21H24N6O3S/c28-18(24-10-12-25(13-11-24)19(29)17-6-4-14-30-17)16-5-3-9-27(15-16)21-23-22-20(31-21)26-7-1-2-8-26/h1-2,4,6-8,14,16H,3,5,9-13,15H2/t16-/m1/s1. The van der Waals surface area contributed by atoms with E-state index in [1.165, 1.54) is 17.6 Å². The highest BCUT2D eigenvalue weighted by Gasteiger charge is 2.33. The number of piperidine rings is 1. The minimum atomic E-state index is -0.115. The van der Waals surface area contributed by atoms with E-state index in [0.717, 1.165) is 29.6 Å². The highest BCUT2D eigenvalue weighted by molar-refractivity contribution is 7.17. The van der Waals surface area contributed by atoms with Gasteiger partial charge < -0.3 is 19.1 Å². The summed E-state index contributed by atoms with van der Waals surface area (Å²) in [4.78, 5) is 31.4. The first-order valence-corrected chi connectivity index (χ1v) is 11.3. The maximum atomic E-state index is 13.2. The van der Waals surface area contributed by atoms with Crippen molar-refractivity contribution in [2.45, 2.75) is 12.8 Å². The molecule has 0 radical (unpaired) electrons. The Labute approximate surface area is 183 Å². The highest BCUT2D eigenvalue weighted by Crippen LogP contribution is 2.28. The van der Waals surface area contributed by atoms with Crippen LogP contribution in [0.3, 0.4) is 0 Å². The summed E-state index contributed by atoms with van der Waals surface area (Å²) in [6.45, 7) is 3.70. The fraction of sp³-hybridized carbons (Fsp3) is 0.429. The van der Waals surface area contributed by atoms with Crippen molar-refractivity contribution in [1.82, 2.24) is 24.6 Å². The molecule has 5 rings (SSSR count). The van der Waals surface area contributed by atoms with Crippen molar-refractivity contribution >= 4 is 28.3 Å². The quantitative estimate of drug-likeness (QED) is 0.618. The Morgan fingerprint density at radius 1 is 0.968 bits per heavy atom. The predicted molar refractivity (Wildman–Crippen MR) is 115 cm³/mol. The number of hydrogen-bond donors (Lipinski definition) is 0. The minimum absolute atomic E-state index is 0.0556. The van der Waals surface area contributed by atoms with Gasteiger partial charge in [-0.15, -0.1) is 10.2 Å². The summed E-state index contributed by atoms with van der Waals surface area (Å²) in [5, 5.41) is 10.3. The van der Waals surface area contributed by atoms with Gasteiger partial charge in [0.25, 0.3) is 5.91 Å². The Morgan fingerprint density at radius 3 is 2.45 bits per heavy atom. The summed E-state index contributed by atoms with van der Waals surface area (Å²) in [5.41, 5.74) is 0. The van der Waals surface area contributed by atoms with Crippen molar-refractivity contribution in [1.29, 1.82) is 0 Å². The third-order valence-electron chi connectivity index (χ3n) is 5.88. The Kier molecular flexibility index (Phi) is 5.46. The van der Waals surface area contributed by atoms with Gasteiger partial charge in [0.2, 0.25) is 16.2 Å². The van der Waals surface area contributed by atoms with Crippen LogP contribution in [-0.4, -0.2) is 75.6 Å². The monoisotopic (exact) mass is 440 g/mol. The molecule has 31 heavy (non-hydrogen) atoms. The van der Waals surface area contributed by atoms with Gasteiger partial charge in [-0.25, -0.2) is 0 Å². The molecule has 5 heterocycles. The third kappa shape index (κ3) is 4.07. The van der Waals surface area contributed by atoms with Crippen LogP contribution in [0.2, 0.25) is 0 Å². The van der Waals surface area contributed by atoms with Crippen LogP contribution in [0, 0.1) is 5.92 Å². The molecule has 3 aromatic rings. The van der Waals surface area contributed by atoms with Crippen molar-refractivity contribution in [2.75, 3.05) is 44.2 Å². The van der Waals surface area contributed by atoms with Crippen LogP contribution in [0.4, 0.5) is 5.13 Å². The van der Waals surface area contributed by atoms with E-state index < -0.39 is 0 Å². The Bertz CT molecular complexity index is 1020. The molecule has 0 bridgehead atoms. The third-order valence-corrected chi connectivity index (χ3v) is 6.88. The van der Waals surface area contributed by atoms with Crippen LogP contribution in [0.5, 0.6) is 0 Å². The van der Waals surface area contributed by atoms with Gasteiger partial charge in [-0.3, -0.25) is 14.2 Å². The van der Waals surface area contributed by atoms with Crippen molar-refractivity contribution in [3.63, 3.8) is 0 Å². The molecule has 1 atom stereocenters. The summed E-state index contributed by atoms with van der Waals surface area (Å²) in [6.07, 6.45) is 7.23. The zero-order chi connectivity index (χ0) is 21.2. The lowest BCUT2D eigenvalue weighted by Crippen LogP contribution is -2.53. The Balaban J connectivity index is 1.18. The summed E-state index contributed by atoms with van der Waals surface area (Å²) in [7, 11) is 0. The van der Waals surface area contributed by atoms with Gasteiger partial charge in [0.05, 0.1) is 12.2 Å². The van der Waals surface area contributed by atoms with Gasteiger partial charge in [0.15, 0.2) is 5.76 Å². The summed E-state index contributed by atoms with van der Waals surface area (Å²) in [5.74, 6) is 0.347. The van der Waals surface area contributed by atoms with Gasteiger partial charge in [-0.2, -0.15) is 0 Å². The molecule has 9 nitrogen and oxygen atoms in total. The van der Waals surface area contributed by atoms with Crippen LogP contribution in [0.1, 0.15) is 23.4 Å². The number of hydrogen-bond acceptors (Lipinski definition) is 7. The second kappa shape index (κ2) is 8.54. The fourth-order valence-electron chi connectivity index (χ4n) is 4.20. The largest absolute Gasteiger partial charge is 0.459 e. The number of carbonyl (C=O) groups excluding carboxylic acids is 2.